The van der Waals surface area contributed by atoms with Crippen molar-refractivity contribution in [3.63, 3.8) is 0 Å². The fourth-order valence-electron chi connectivity index (χ4n) is 3.11. The molecule has 0 amide bonds. The molecule has 7 heteroatoms. The molecule has 1 unspecified atom stereocenters. The third-order valence-electron chi connectivity index (χ3n) is 4.53. The van der Waals surface area contributed by atoms with E-state index in [1.54, 1.807) is 18.2 Å². The number of hydrogen-bond acceptors (Lipinski definition) is 5. The Labute approximate surface area is 152 Å². The van der Waals surface area contributed by atoms with Gasteiger partial charge in [-0.25, -0.2) is 8.42 Å². The average Bonchev–Trinajstić information content (AvgIpc) is 3.12. The average molecular weight is 369 g/mol. The van der Waals surface area contributed by atoms with Crippen molar-refractivity contribution in [1.82, 2.24) is 14.5 Å². The summed E-state index contributed by atoms with van der Waals surface area (Å²) >= 11 is 0. The van der Waals surface area contributed by atoms with Gasteiger partial charge < -0.3 is 4.74 Å². The zero-order valence-corrected chi connectivity index (χ0v) is 15.2. The first-order valence-electron chi connectivity index (χ1n) is 8.48. The molecule has 2 aromatic carbocycles. The standard InChI is InChI=1S/C19H19N3O3S/c1-14-6-9-19(21-20-14)25-17-10-11-22(13-17)26(23,24)18-8-7-15-4-2-3-5-16(15)12-18/h2-9,12,17H,10-11,13H2,1H3. The minimum atomic E-state index is -3.54. The van der Waals surface area contributed by atoms with Crippen molar-refractivity contribution in [1.29, 1.82) is 0 Å². The summed E-state index contributed by atoms with van der Waals surface area (Å²) in [6.07, 6.45) is 0.407. The topological polar surface area (TPSA) is 72.4 Å². The van der Waals surface area contributed by atoms with Crippen molar-refractivity contribution >= 4 is 20.8 Å². The summed E-state index contributed by atoms with van der Waals surface area (Å²) in [5.74, 6) is 0.422. The molecule has 1 atom stereocenters. The van der Waals surface area contributed by atoms with Gasteiger partial charge in [-0.2, -0.15) is 9.40 Å². The van der Waals surface area contributed by atoms with Gasteiger partial charge in [0.2, 0.25) is 15.9 Å². The number of hydrogen-bond donors (Lipinski definition) is 0. The van der Waals surface area contributed by atoms with Crippen molar-refractivity contribution in [2.45, 2.75) is 24.3 Å². The van der Waals surface area contributed by atoms with Crippen LogP contribution < -0.4 is 4.74 Å². The summed E-state index contributed by atoms with van der Waals surface area (Å²) in [5.41, 5.74) is 0.810. The van der Waals surface area contributed by atoms with Crippen molar-refractivity contribution < 1.29 is 13.2 Å². The van der Waals surface area contributed by atoms with E-state index < -0.39 is 10.0 Å². The lowest BCUT2D eigenvalue weighted by atomic mass is 10.1. The Morgan fingerprint density at radius 1 is 1.04 bits per heavy atom. The molecule has 1 aromatic heterocycles. The van der Waals surface area contributed by atoms with Crippen LogP contribution in [0.25, 0.3) is 10.8 Å². The molecule has 0 spiro atoms. The monoisotopic (exact) mass is 369 g/mol. The van der Waals surface area contributed by atoms with E-state index in [0.717, 1.165) is 16.5 Å². The van der Waals surface area contributed by atoms with E-state index in [2.05, 4.69) is 10.2 Å². The first-order chi connectivity index (χ1) is 12.5. The van der Waals surface area contributed by atoms with Gasteiger partial charge in [-0.15, -0.1) is 5.10 Å². The zero-order chi connectivity index (χ0) is 18.1. The van der Waals surface area contributed by atoms with E-state index in [1.165, 1.54) is 4.31 Å². The second-order valence-electron chi connectivity index (χ2n) is 6.41. The Bertz CT molecular complexity index is 1040. The van der Waals surface area contributed by atoms with Crippen LogP contribution in [0.2, 0.25) is 0 Å². The second kappa shape index (κ2) is 6.66. The molecule has 1 fully saturated rings. The van der Waals surface area contributed by atoms with E-state index in [-0.39, 0.29) is 6.10 Å². The van der Waals surface area contributed by atoms with Crippen LogP contribution in [0.1, 0.15) is 12.1 Å². The van der Waals surface area contributed by atoms with E-state index in [1.807, 2.05) is 43.3 Å². The molecular formula is C19H19N3O3S. The molecule has 134 valence electrons. The summed E-state index contributed by atoms with van der Waals surface area (Å²) < 4.78 is 33.2. The summed E-state index contributed by atoms with van der Waals surface area (Å²) in [6, 6.07) is 16.5. The van der Waals surface area contributed by atoms with Gasteiger partial charge in [-0.3, -0.25) is 0 Å². The van der Waals surface area contributed by atoms with Crippen LogP contribution in [0.3, 0.4) is 0 Å². The SMILES string of the molecule is Cc1ccc(OC2CCN(S(=O)(=O)c3ccc4ccccc4c3)C2)nn1. The number of aryl methyl sites for hydroxylation is 1. The predicted octanol–water partition coefficient (Wildman–Crippen LogP) is 2.78. The van der Waals surface area contributed by atoms with E-state index in [9.17, 15) is 8.42 Å². The smallest absolute Gasteiger partial charge is 0.243 e. The molecule has 1 saturated heterocycles. The third-order valence-corrected chi connectivity index (χ3v) is 6.39. The molecule has 1 aliphatic heterocycles. The molecule has 4 rings (SSSR count). The maximum atomic E-state index is 13.0. The van der Waals surface area contributed by atoms with Crippen LogP contribution in [0.5, 0.6) is 5.88 Å². The van der Waals surface area contributed by atoms with Crippen LogP contribution in [-0.4, -0.2) is 42.1 Å². The number of rotatable bonds is 4. The maximum absolute atomic E-state index is 13.0. The van der Waals surface area contributed by atoms with Gasteiger partial charge >= 0.3 is 0 Å². The molecule has 3 aromatic rings. The lowest BCUT2D eigenvalue weighted by Gasteiger charge is -2.17. The van der Waals surface area contributed by atoms with Gasteiger partial charge in [-0.05, 0) is 42.3 Å². The Hall–Kier alpha value is -2.51. The van der Waals surface area contributed by atoms with Gasteiger partial charge in [0.15, 0.2) is 0 Å². The molecule has 0 saturated carbocycles. The Balaban J connectivity index is 1.52. The molecule has 26 heavy (non-hydrogen) atoms. The minimum Gasteiger partial charge on any atom is -0.472 e. The van der Waals surface area contributed by atoms with Gasteiger partial charge in [0.1, 0.15) is 6.10 Å². The fourth-order valence-corrected chi connectivity index (χ4v) is 4.63. The van der Waals surface area contributed by atoms with Crippen LogP contribution in [-0.2, 0) is 10.0 Å². The first-order valence-corrected chi connectivity index (χ1v) is 9.92. The van der Waals surface area contributed by atoms with E-state index in [4.69, 9.17) is 4.74 Å². The van der Waals surface area contributed by atoms with Crippen molar-refractivity contribution in [2.75, 3.05) is 13.1 Å². The largest absolute Gasteiger partial charge is 0.472 e. The van der Waals surface area contributed by atoms with Crippen LogP contribution in [0.4, 0.5) is 0 Å². The highest BCUT2D eigenvalue weighted by atomic mass is 32.2. The third kappa shape index (κ3) is 3.27. The highest BCUT2D eigenvalue weighted by Crippen LogP contribution is 2.26. The highest BCUT2D eigenvalue weighted by molar-refractivity contribution is 7.89. The normalized spacial score (nSPS) is 18.3. The summed E-state index contributed by atoms with van der Waals surface area (Å²) in [7, 11) is -3.54. The van der Waals surface area contributed by atoms with Crippen LogP contribution >= 0.6 is 0 Å². The molecule has 6 nitrogen and oxygen atoms in total. The zero-order valence-electron chi connectivity index (χ0n) is 14.4. The first kappa shape index (κ1) is 16.9. The molecule has 2 heterocycles. The molecular weight excluding hydrogens is 350 g/mol. The number of aromatic nitrogens is 2. The number of ether oxygens (including phenoxy) is 1. The predicted molar refractivity (Wildman–Crippen MR) is 98.5 cm³/mol. The number of sulfonamides is 1. The minimum absolute atomic E-state index is 0.220. The summed E-state index contributed by atoms with van der Waals surface area (Å²) in [6.45, 7) is 2.59. The Morgan fingerprint density at radius 3 is 2.62 bits per heavy atom. The van der Waals surface area contributed by atoms with Gasteiger partial charge in [0.05, 0.1) is 17.1 Å². The van der Waals surface area contributed by atoms with E-state index >= 15 is 0 Å². The van der Waals surface area contributed by atoms with Crippen molar-refractivity contribution in [3.8, 4) is 5.88 Å². The fraction of sp³-hybridized carbons (Fsp3) is 0.263. The quantitative estimate of drug-likeness (QED) is 0.707. The highest BCUT2D eigenvalue weighted by Gasteiger charge is 2.34. The van der Waals surface area contributed by atoms with Crippen LogP contribution in [0.15, 0.2) is 59.5 Å². The number of benzene rings is 2. The molecule has 0 aliphatic carbocycles. The second-order valence-corrected chi connectivity index (χ2v) is 8.35. The Morgan fingerprint density at radius 2 is 1.85 bits per heavy atom. The molecule has 0 N–H and O–H groups in total. The summed E-state index contributed by atoms with van der Waals surface area (Å²) in [5, 5.41) is 9.87. The summed E-state index contributed by atoms with van der Waals surface area (Å²) in [4.78, 5) is 0.312. The molecule has 1 aliphatic rings. The number of fused-ring (bicyclic) bond motifs is 1. The lowest BCUT2D eigenvalue weighted by Crippen LogP contribution is -2.31. The lowest BCUT2D eigenvalue weighted by molar-refractivity contribution is 0.204. The Kier molecular flexibility index (Phi) is 4.34. The van der Waals surface area contributed by atoms with Gasteiger partial charge in [0, 0.05) is 12.6 Å². The van der Waals surface area contributed by atoms with Crippen molar-refractivity contribution in [2.24, 2.45) is 0 Å². The molecule has 0 radical (unpaired) electrons. The van der Waals surface area contributed by atoms with Crippen molar-refractivity contribution in [3.05, 3.63) is 60.3 Å². The number of nitrogens with zero attached hydrogens (tertiary/aromatic N) is 3. The van der Waals surface area contributed by atoms with E-state index in [0.29, 0.717) is 30.3 Å². The maximum Gasteiger partial charge on any atom is 0.243 e. The van der Waals surface area contributed by atoms with Crippen LogP contribution in [0, 0.1) is 6.92 Å². The van der Waals surface area contributed by atoms with Gasteiger partial charge in [-0.1, -0.05) is 30.3 Å². The van der Waals surface area contributed by atoms with Gasteiger partial charge in [0.25, 0.3) is 0 Å². The molecule has 0 bridgehead atoms.